The molecule has 0 aliphatic rings. The SMILES string of the molecule is CNC(=O)Nc1cc(C)c(N)cc1C. The van der Waals surface area contributed by atoms with Crippen LogP contribution in [-0.2, 0) is 0 Å². The average molecular weight is 193 g/mol. The maximum atomic E-state index is 11.1. The van der Waals surface area contributed by atoms with Crippen LogP contribution < -0.4 is 16.4 Å². The molecule has 14 heavy (non-hydrogen) atoms. The van der Waals surface area contributed by atoms with E-state index in [0.717, 1.165) is 22.5 Å². The highest BCUT2D eigenvalue weighted by Gasteiger charge is 2.04. The van der Waals surface area contributed by atoms with Crippen molar-refractivity contribution in [1.29, 1.82) is 0 Å². The first-order chi connectivity index (χ1) is 6.54. The van der Waals surface area contributed by atoms with Crippen LogP contribution in [-0.4, -0.2) is 13.1 Å². The lowest BCUT2D eigenvalue weighted by Crippen LogP contribution is -2.24. The fourth-order valence-corrected chi connectivity index (χ4v) is 1.16. The van der Waals surface area contributed by atoms with E-state index in [4.69, 9.17) is 5.73 Å². The van der Waals surface area contributed by atoms with Crippen molar-refractivity contribution in [3.8, 4) is 0 Å². The number of hydrogen-bond acceptors (Lipinski definition) is 2. The molecule has 0 aromatic heterocycles. The second-order valence-corrected chi connectivity index (χ2v) is 3.23. The van der Waals surface area contributed by atoms with Gasteiger partial charge in [0.25, 0.3) is 0 Å². The third kappa shape index (κ3) is 2.16. The maximum absolute atomic E-state index is 11.1. The third-order valence-corrected chi connectivity index (χ3v) is 2.09. The van der Waals surface area contributed by atoms with Gasteiger partial charge in [0.1, 0.15) is 0 Å². The first-order valence-corrected chi connectivity index (χ1v) is 4.40. The van der Waals surface area contributed by atoms with E-state index in [-0.39, 0.29) is 6.03 Å². The van der Waals surface area contributed by atoms with Crippen LogP contribution in [0.5, 0.6) is 0 Å². The molecule has 1 aromatic rings. The Kier molecular flexibility index (Phi) is 2.96. The monoisotopic (exact) mass is 193 g/mol. The highest BCUT2D eigenvalue weighted by Crippen LogP contribution is 2.21. The Balaban J connectivity index is 2.98. The summed E-state index contributed by atoms with van der Waals surface area (Å²) < 4.78 is 0. The Morgan fingerprint density at radius 3 is 2.50 bits per heavy atom. The lowest BCUT2D eigenvalue weighted by Gasteiger charge is -2.10. The smallest absolute Gasteiger partial charge is 0.318 e. The molecule has 0 aliphatic heterocycles. The minimum Gasteiger partial charge on any atom is -0.399 e. The number of aryl methyl sites for hydroxylation is 2. The standard InChI is InChI=1S/C10H15N3O/c1-6-5-9(13-10(14)12-3)7(2)4-8(6)11/h4-5H,11H2,1-3H3,(H2,12,13,14). The number of rotatable bonds is 1. The van der Waals surface area contributed by atoms with E-state index < -0.39 is 0 Å². The summed E-state index contributed by atoms with van der Waals surface area (Å²) in [6, 6.07) is 3.48. The second kappa shape index (κ2) is 4.00. The predicted molar refractivity (Wildman–Crippen MR) is 58.4 cm³/mol. The molecule has 0 heterocycles. The summed E-state index contributed by atoms with van der Waals surface area (Å²) in [5.41, 5.74) is 9.17. The molecule has 0 bridgehead atoms. The number of benzene rings is 1. The number of hydrogen-bond donors (Lipinski definition) is 3. The summed E-state index contributed by atoms with van der Waals surface area (Å²) in [6.45, 7) is 3.81. The molecule has 0 saturated carbocycles. The Morgan fingerprint density at radius 1 is 1.29 bits per heavy atom. The highest BCUT2D eigenvalue weighted by atomic mass is 16.2. The summed E-state index contributed by atoms with van der Waals surface area (Å²) >= 11 is 0. The molecular formula is C10H15N3O. The third-order valence-electron chi connectivity index (χ3n) is 2.09. The molecule has 0 fully saturated rings. The molecule has 1 aromatic carbocycles. The molecular weight excluding hydrogens is 178 g/mol. The van der Waals surface area contributed by atoms with Gasteiger partial charge < -0.3 is 16.4 Å². The van der Waals surface area contributed by atoms with Crippen molar-refractivity contribution in [2.75, 3.05) is 18.1 Å². The molecule has 0 atom stereocenters. The van der Waals surface area contributed by atoms with E-state index in [2.05, 4.69) is 10.6 Å². The molecule has 0 spiro atoms. The van der Waals surface area contributed by atoms with Crippen molar-refractivity contribution < 1.29 is 4.79 Å². The van der Waals surface area contributed by atoms with Gasteiger partial charge in [-0.3, -0.25) is 0 Å². The van der Waals surface area contributed by atoms with Gasteiger partial charge in [-0.2, -0.15) is 0 Å². The lowest BCUT2D eigenvalue weighted by atomic mass is 10.1. The molecule has 0 aliphatic carbocycles. The van der Waals surface area contributed by atoms with Gasteiger partial charge in [0.15, 0.2) is 0 Å². The number of nitrogen functional groups attached to an aromatic ring is 1. The first kappa shape index (κ1) is 10.4. The summed E-state index contributed by atoms with van der Waals surface area (Å²) in [5.74, 6) is 0. The van der Waals surface area contributed by atoms with Crippen LogP contribution in [0.3, 0.4) is 0 Å². The van der Waals surface area contributed by atoms with Crippen LogP contribution >= 0.6 is 0 Å². The molecule has 1 rings (SSSR count). The Labute approximate surface area is 83.5 Å². The number of nitrogens with one attached hydrogen (secondary N) is 2. The first-order valence-electron chi connectivity index (χ1n) is 4.40. The zero-order chi connectivity index (χ0) is 10.7. The van der Waals surface area contributed by atoms with Crippen LogP contribution in [0, 0.1) is 13.8 Å². The van der Waals surface area contributed by atoms with Crippen LogP contribution in [0.1, 0.15) is 11.1 Å². The van der Waals surface area contributed by atoms with Crippen molar-refractivity contribution in [2.45, 2.75) is 13.8 Å². The van der Waals surface area contributed by atoms with Gasteiger partial charge in [0.2, 0.25) is 0 Å². The molecule has 4 N–H and O–H groups in total. The zero-order valence-corrected chi connectivity index (χ0v) is 8.64. The molecule has 4 nitrogen and oxygen atoms in total. The van der Waals surface area contributed by atoms with Gasteiger partial charge in [-0.05, 0) is 37.1 Å². The molecule has 0 unspecified atom stereocenters. The highest BCUT2D eigenvalue weighted by molar-refractivity contribution is 5.90. The van der Waals surface area contributed by atoms with E-state index in [1.54, 1.807) is 7.05 Å². The number of amides is 2. The van der Waals surface area contributed by atoms with Crippen molar-refractivity contribution in [2.24, 2.45) is 0 Å². The maximum Gasteiger partial charge on any atom is 0.318 e. The van der Waals surface area contributed by atoms with Gasteiger partial charge >= 0.3 is 6.03 Å². The van der Waals surface area contributed by atoms with Crippen molar-refractivity contribution in [3.05, 3.63) is 23.3 Å². The Bertz CT molecular complexity index is 361. The molecule has 0 saturated heterocycles. The average Bonchev–Trinajstić information content (AvgIpc) is 2.14. The largest absolute Gasteiger partial charge is 0.399 e. The molecule has 0 radical (unpaired) electrons. The fraction of sp³-hybridized carbons (Fsp3) is 0.300. The normalized spacial score (nSPS) is 9.64. The summed E-state index contributed by atoms with van der Waals surface area (Å²) in [7, 11) is 1.58. The molecule has 76 valence electrons. The van der Waals surface area contributed by atoms with Crippen molar-refractivity contribution in [3.63, 3.8) is 0 Å². The van der Waals surface area contributed by atoms with Crippen molar-refractivity contribution >= 4 is 17.4 Å². The summed E-state index contributed by atoms with van der Waals surface area (Å²) in [6.07, 6.45) is 0. The number of carbonyl (C=O) groups excluding carboxylic acids is 1. The van der Waals surface area contributed by atoms with E-state index in [0.29, 0.717) is 0 Å². The van der Waals surface area contributed by atoms with Crippen LogP contribution in [0.15, 0.2) is 12.1 Å². The molecule has 2 amide bonds. The predicted octanol–water partition coefficient (Wildman–Crippen LogP) is 1.64. The number of anilines is 2. The van der Waals surface area contributed by atoms with Gasteiger partial charge in [-0.25, -0.2) is 4.79 Å². The van der Waals surface area contributed by atoms with Crippen molar-refractivity contribution in [1.82, 2.24) is 5.32 Å². The number of urea groups is 1. The minimum atomic E-state index is -0.225. The van der Waals surface area contributed by atoms with Crippen LogP contribution in [0.4, 0.5) is 16.2 Å². The Morgan fingerprint density at radius 2 is 1.93 bits per heavy atom. The minimum absolute atomic E-state index is 0.225. The van der Waals surface area contributed by atoms with E-state index in [1.165, 1.54) is 0 Å². The van der Waals surface area contributed by atoms with Crippen LogP contribution in [0.25, 0.3) is 0 Å². The van der Waals surface area contributed by atoms with Gasteiger partial charge in [-0.15, -0.1) is 0 Å². The quantitative estimate of drug-likeness (QED) is 0.593. The fourth-order valence-electron chi connectivity index (χ4n) is 1.16. The second-order valence-electron chi connectivity index (χ2n) is 3.23. The molecule has 4 heteroatoms. The van der Waals surface area contributed by atoms with E-state index in [9.17, 15) is 4.79 Å². The van der Waals surface area contributed by atoms with Gasteiger partial charge in [0, 0.05) is 18.4 Å². The summed E-state index contributed by atoms with van der Waals surface area (Å²) in [5, 5.41) is 5.22. The van der Waals surface area contributed by atoms with Gasteiger partial charge in [0.05, 0.1) is 0 Å². The van der Waals surface area contributed by atoms with E-state index in [1.807, 2.05) is 26.0 Å². The number of nitrogens with two attached hydrogens (primary N) is 1. The van der Waals surface area contributed by atoms with Crippen LogP contribution in [0.2, 0.25) is 0 Å². The Hall–Kier alpha value is -1.71. The van der Waals surface area contributed by atoms with Gasteiger partial charge in [-0.1, -0.05) is 0 Å². The number of carbonyl (C=O) groups is 1. The topological polar surface area (TPSA) is 67.2 Å². The zero-order valence-electron chi connectivity index (χ0n) is 8.64. The van der Waals surface area contributed by atoms with E-state index >= 15 is 0 Å². The summed E-state index contributed by atoms with van der Waals surface area (Å²) in [4.78, 5) is 11.1. The lowest BCUT2D eigenvalue weighted by molar-refractivity contribution is 0.254.